The van der Waals surface area contributed by atoms with Crippen molar-refractivity contribution < 1.29 is 4.79 Å². The van der Waals surface area contributed by atoms with Crippen LogP contribution in [-0.4, -0.2) is 37.0 Å². The van der Waals surface area contributed by atoms with Gasteiger partial charge >= 0.3 is 0 Å². The minimum absolute atomic E-state index is 0. The van der Waals surface area contributed by atoms with Gasteiger partial charge < -0.3 is 10.2 Å². The zero-order chi connectivity index (χ0) is 12.4. The minimum atomic E-state index is 0. The Morgan fingerprint density at radius 2 is 1.67 bits per heavy atom. The average molecular weight is 275 g/mol. The molecule has 18 heavy (non-hydrogen) atoms. The quantitative estimate of drug-likeness (QED) is 0.855. The summed E-state index contributed by atoms with van der Waals surface area (Å²) in [5, 5.41) is 3.25. The van der Waals surface area contributed by atoms with E-state index in [1.54, 1.807) is 0 Å². The van der Waals surface area contributed by atoms with E-state index < -0.39 is 0 Å². The number of rotatable bonds is 3. The zero-order valence-electron chi connectivity index (χ0n) is 11.8. The zero-order valence-corrected chi connectivity index (χ0v) is 12.6. The molecule has 0 saturated carbocycles. The lowest BCUT2D eigenvalue weighted by atomic mass is 9.84. The van der Waals surface area contributed by atoms with Crippen LogP contribution < -0.4 is 5.32 Å². The van der Waals surface area contributed by atoms with Crippen molar-refractivity contribution in [2.24, 2.45) is 23.7 Å². The van der Waals surface area contributed by atoms with Crippen molar-refractivity contribution in [3.8, 4) is 0 Å². The number of amides is 1. The summed E-state index contributed by atoms with van der Waals surface area (Å²) in [5.41, 5.74) is 0. The molecule has 0 spiro atoms. The maximum absolute atomic E-state index is 12.3. The lowest BCUT2D eigenvalue weighted by Crippen LogP contribution is -2.51. The SMILES string of the molecule is CC(C)C1CCN(C(=O)C(C)C2CNC2)CC1.Cl. The number of halogens is 1. The number of carbonyl (C=O) groups excluding carboxylic acids is 1. The summed E-state index contributed by atoms with van der Waals surface area (Å²) >= 11 is 0. The second kappa shape index (κ2) is 6.76. The van der Waals surface area contributed by atoms with Gasteiger partial charge in [0.25, 0.3) is 0 Å². The fraction of sp³-hybridized carbons (Fsp3) is 0.929. The average Bonchev–Trinajstić information content (AvgIpc) is 2.25. The van der Waals surface area contributed by atoms with Crippen LogP contribution in [0, 0.1) is 23.7 Å². The van der Waals surface area contributed by atoms with Crippen molar-refractivity contribution >= 4 is 18.3 Å². The number of piperidine rings is 1. The Morgan fingerprint density at radius 3 is 2.06 bits per heavy atom. The Balaban J connectivity index is 0.00000162. The lowest BCUT2D eigenvalue weighted by Gasteiger charge is -2.38. The van der Waals surface area contributed by atoms with E-state index >= 15 is 0 Å². The molecule has 0 bridgehead atoms. The Bertz CT molecular complexity index is 271. The largest absolute Gasteiger partial charge is 0.342 e. The topological polar surface area (TPSA) is 32.3 Å². The molecule has 4 heteroatoms. The normalized spacial score (nSPS) is 23.4. The van der Waals surface area contributed by atoms with Gasteiger partial charge in [0.2, 0.25) is 5.91 Å². The summed E-state index contributed by atoms with van der Waals surface area (Å²) < 4.78 is 0. The minimum Gasteiger partial charge on any atom is -0.342 e. The van der Waals surface area contributed by atoms with E-state index in [-0.39, 0.29) is 18.3 Å². The molecular weight excluding hydrogens is 248 g/mol. The fourth-order valence-electron chi connectivity index (χ4n) is 2.94. The molecule has 2 rings (SSSR count). The van der Waals surface area contributed by atoms with Gasteiger partial charge in [-0.2, -0.15) is 0 Å². The van der Waals surface area contributed by atoms with Crippen LogP contribution in [0.1, 0.15) is 33.6 Å². The van der Waals surface area contributed by atoms with Crippen LogP contribution >= 0.6 is 12.4 Å². The standard InChI is InChI=1S/C14H26N2O.ClH/c1-10(2)12-4-6-16(7-5-12)14(17)11(3)13-8-15-9-13;/h10-13,15H,4-9H2,1-3H3;1H. The Kier molecular flexibility index (Phi) is 5.93. The highest BCUT2D eigenvalue weighted by molar-refractivity contribution is 5.85. The predicted molar refractivity (Wildman–Crippen MR) is 76.9 cm³/mol. The molecule has 0 aromatic heterocycles. The third-order valence-corrected chi connectivity index (χ3v) is 4.70. The molecule has 2 aliphatic rings. The van der Waals surface area contributed by atoms with Gasteiger partial charge in [0.15, 0.2) is 0 Å². The highest BCUT2D eigenvalue weighted by Crippen LogP contribution is 2.26. The first-order valence-corrected chi connectivity index (χ1v) is 7.09. The molecule has 1 atom stereocenters. The van der Waals surface area contributed by atoms with E-state index in [0.717, 1.165) is 38.0 Å². The molecule has 2 saturated heterocycles. The third kappa shape index (κ3) is 3.39. The van der Waals surface area contributed by atoms with Gasteiger partial charge in [-0.05, 0) is 43.7 Å². The second-order valence-electron chi connectivity index (χ2n) is 6.11. The Hall–Kier alpha value is -0.280. The van der Waals surface area contributed by atoms with Crippen LogP contribution in [0.3, 0.4) is 0 Å². The lowest BCUT2D eigenvalue weighted by molar-refractivity contribution is -0.139. The van der Waals surface area contributed by atoms with Crippen LogP contribution in [0.25, 0.3) is 0 Å². The monoisotopic (exact) mass is 274 g/mol. The van der Waals surface area contributed by atoms with Gasteiger partial charge in [0, 0.05) is 19.0 Å². The third-order valence-electron chi connectivity index (χ3n) is 4.70. The number of nitrogens with zero attached hydrogens (tertiary/aromatic N) is 1. The van der Waals surface area contributed by atoms with Gasteiger partial charge in [-0.3, -0.25) is 4.79 Å². The van der Waals surface area contributed by atoms with E-state index in [1.165, 1.54) is 12.8 Å². The first kappa shape index (κ1) is 15.8. The van der Waals surface area contributed by atoms with Crippen LogP contribution in [0.5, 0.6) is 0 Å². The predicted octanol–water partition coefficient (Wildman–Crippen LogP) is 2.16. The van der Waals surface area contributed by atoms with Crippen molar-refractivity contribution in [1.29, 1.82) is 0 Å². The van der Waals surface area contributed by atoms with Crippen molar-refractivity contribution in [2.45, 2.75) is 33.6 Å². The van der Waals surface area contributed by atoms with Crippen LogP contribution in [0.15, 0.2) is 0 Å². The van der Waals surface area contributed by atoms with E-state index in [9.17, 15) is 4.79 Å². The highest BCUT2D eigenvalue weighted by atomic mass is 35.5. The molecule has 2 aliphatic heterocycles. The smallest absolute Gasteiger partial charge is 0.225 e. The van der Waals surface area contributed by atoms with Gasteiger partial charge in [-0.15, -0.1) is 12.4 Å². The van der Waals surface area contributed by atoms with Gasteiger partial charge in [-0.25, -0.2) is 0 Å². The van der Waals surface area contributed by atoms with Gasteiger partial charge in [-0.1, -0.05) is 20.8 Å². The molecule has 0 radical (unpaired) electrons. The van der Waals surface area contributed by atoms with E-state index in [0.29, 0.717) is 11.8 Å². The molecule has 2 heterocycles. The Labute approximate surface area is 117 Å². The molecule has 1 unspecified atom stereocenters. The molecule has 1 amide bonds. The van der Waals surface area contributed by atoms with E-state index in [4.69, 9.17) is 0 Å². The molecule has 0 aliphatic carbocycles. The summed E-state index contributed by atoms with van der Waals surface area (Å²) in [6.45, 7) is 10.7. The summed E-state index contributed by atoms with van der Waals surface area (Å²) in [5.74, 6) is 2.76. The highest BCUT2D eigenvalue weighted by Gasteiger charge is 2.33. The molecular formula is C14H27ClN2O. The maximum Gasteiger partial charge on any atom is 0.225 e. The summed E-state index contributed by atoms with van der Waals surface area (Å²) in [4.78, 5) is 14.4. The van der Waals surface area contributed by atoms with Crippen molar-refractivity contribution in [3.05, 3.63) is 0 Å². The summed E-state index contributed by atoms with van der Waals surface area (Å²) in [6, 6.07) is 0. The fourth-order valence-corrected chi connectivity index (χ4v) is 2.94. The number of likely N-dealkylation sites (tertiary alicyclic amines) is 1. The number of hydrogen-bond acceptors (Lipinski definition) is 2. The van der Waals surface area contributed by atoms with E-state index in [1.807, 2.05) is 0 Å². The van der Waals surface area contributed by atoms with Crippen molar-refractivity contribution in [3.63, 3.8) is 0 Å². The van der Waals surface area contributed by atoms with Gasteiger partial charge in [0.1, 0.15) is 0 Å². The van der Waals surface area contributed by atoms with E-state index in [2.05, 4.69) is 31.0 Å². The second-order valence-corrected chi connectivity index (χ2v) is 6.11. The van der Waals surface area contributed by atoms with Crippen LogP contribution in [0.2, 0.25) is 0 Å². The number of carbonyl (C=O) groups is 1. The van der Waals surface area contributed by atoms with Crippen molar-refractivity contribution in [1.82, 2.24) is 10.2 Å². The molecule has 1 N–H and O–H groups in total. The van der Waals surface area contributed by atoms with Crippen LogP contribution in [-0.2, 0) is 4.79 Å². The van der Waals surface area contributed by atoms with Crippen molar-refractivity contribution in [2.75, 3.05) is 26.2 Å². The molecule has 3 nitrogen and oxygen atoms in total. The first-order valence-electron chi connectivity index (χ1n) is 7.09. The molecule has 2 fully saturated rings. The molecule has 0 aromatic carbocycles. The summed E-state index contributed by atoms with van der Waals surface area (Å²) in [6.07, 6.45) is 2.39. The Morgan fingerprint density at radius 1 is 1.11 bits per heavy atom. The first-order chi connectivity index (χ1) is 8.09. The number of hydrogen-bond donors (Lipinski definition) is 1. The molecule has 0 aromatic rings. The summed E-state index contributed by atoms with van der Waals surface area (Å²) in [7, 11) is 0. The van der Waals surface area contributed by atoms with Gasteiger partial charge in [0.05, 0.1) is 0 Å². The number of nitrogens with one attached hydrogen (secondary N) is 1. The molecule has 106 valence electrons. The van der Waals surface area contributed by atoms with Crippen LogP contribution in [0.4, 0.5) is 0 Å². The maximum atomic E-state index is 12.3.